The molecule has 9 heteroatoms. The second-order valence-electron chi connectivity index (χ2n) is 5.06. The summed E-state index contributed by atoms with van der Waals surface area (Å²) in [6.07, 6.45) is 1.09. The molecule has 3 rings (SSSR count). The van der Waals surface area contributed by atoms with Gasteiger partial charge in [0.15, 0.2) is 11.5 Å². The van der Waals surface area contributed by atoms with Crippen LogP contribution in [0.25, 0.3) is 0 Å². The van der Waals surface area contributed by atoms with E-state index >= 15 is 0 Å². The Labute approximate surface area is 141 Å². The minimum Gasteiger partial charge on any atom is -0.508 e. The Kier molecular flexibility index (Phi) is 4.46. The van der Waals surface area contributed by atoms with E-state index in [0.29, 0.717) is 30.3 Å². The van der Waals surface area contributed by atoms with Crippen molar-refractivity contribution >= 4 is 17.8 Å². The Morgan fingerprint density at radius 2 is 1.96 bits per heavy atom. The summed E-state index contributed by atoms with van der Waals surface area (Å²) in [6.45, 7) is 0.850. The number of hydrogen-bond acceptors (Lipinski definition) is 7. The molecule has 0 fully saturated rings. The second-order valence-corrected chi connectivity index (χ2v) is 5.06. The number of phenolic OH excluding ortho intramolecular Hbond substituents is 1. The first kappa shape index (κ1) is 16.2. The summed E-state index contributed by atoms with van der Waals surface area (Å²) in [5, 5.41) is 24.1. The number of aromatic hydroxyl groups is 1. The van der Waals surface area contributed by atoms with Crippen molar-refractivity contribution in [2.45, 2.75) is 0 Å². The third-order valence-corrected chi connectivity index (χ3v) is 3.38. The SMILES string of the molecule is O=C(NN=Cc1cc(O)ccc1[N+](=O)[O-])c1ccc2c(c1)OCCO2. The van der Waals surface area contributed by atoms with Gasteiger partial charge in [0.25, 0.3) is 11.6 Å². The molecule has 25 heavy (non-hydrogen) atoms. The smallest absolute Gasteiger partial charge is 0.278 e. The molecule has 0 radical (unpaired) electrons. The van der Waals surface area contributed by atoms with Crippen LogP contribution in [0.2, 0.25) is 0 Å². The van der Waals surface area contributed by atoms with Crippen molar-refractivity contribution in [1.82, 2.24) is 5.43 Å². The summed E-state index contributed by atoms with van der Waals surface area (Å²) < 4.78 is 10.8. The molecule has 128 valence electrons. The molecule has 2 aromatic carbocycles. The predicted molar refractivity (Wildman–Crippen MR) is 87.3 cm³/mol. The predicted octanol–water partition coefficient (Wildman–Crippen LogP) is 1.84. The molecular formula is C16H13N3O6. The van der Waals surface area contributed by atoms with E-state index in [1.54, 1.807) is 12.1 Å². The van der Waals surface area contributed by atoms with E-state index < -0.39 is 10.8 Å². The van der Waals surface area contributed by atoms with Crippen LogP contribution in [0, 0.1) is 10.1 Å². The van der Waals surface area contributed by atoms with Crippen molar-refractivity contribution in [1.29, 1.82) is 0 Å². The topological polar surface area (TPSA) is 123 Å². The van der Waals surface area contributed by atoms with Crippen LogP contribution in [0.15, 0.2) is 41.5 Å². The minimum atomic E-state index is -0.608. The van der Waals surface area contributed by atoms with Crippen molar-refractivity contribution in [2.24, 2.45) is 5.10 Å². The number of hydrazone groups is 1. The maximum absolute atomic E-state index is 12.1. The largest absolute Gasteiger partial charge is 0.508 e. The van der Waals surface area contributed by atoms with Gasteiger partial charge in [-0.25, -0.2) is 5.43 Å². The van der Waals surface area contributed by atoms with Gasteiger partial charge >= 0.3 is 0 Å². The number of amides is 1. The molecule has 1 aliphatic rings. The van der Waals surface area contributed by atoms with Crippen molar-refractivity contribution in [3.63, 3.8) is 0 Å². The average molecular weight is 343 g/mol. The van der Waals surface area contributed by atoms with E-state index in [0.717, 1.165) is 12.3 Å². The van der Waals surface area contributed by atoms with Crippen LogP contribution in [-0.4, -0.2) is 35.4 Å². The molecule has 0 unspecified atom stereocenters. The van der Waals surface area contributed by atoms with Gasteiger partial charge in [-0.2, -0.15) is 5.10 Å². The number of ether oxygens (including phenoxy) is 2. The van der Waals surface area contributed by atoms with Crippen LogP contribution in [0.3, 0.4) is 0 Å². The molecule has 0 bridgehead atoms. The Bertz CT molecular complexity index is 865. The number of carbonyl (C=O) groups excluding carboxylic acids is 1. The number of hydrogen-bond donors (Lipinski definition) is 2. The third-order valence-electron chi connectivity index (χ3n) is 3.38. The number of fused-ring (bicyclic) bond motifs is 1. The molecule has 0 atom stereocenters. The number of nitrogens with zero attached hydrogens (tertiary/aromatic N) is 2. The number of benzene rings is 2. The highest BCUT2D eigenvalue weighted by molar-refractivity contribution is 5.96. The van der Waals surface area contributed by atoms with E-state index in [1.165, 1.54) is 18.2 Å². The zero-order chi connectivity index (χ0) is 17.8. The highest BCUT2D eigenvalue weighted by Gasteiger charge is 2.15. The Morgan fingerprint density at radius 1 is 1.20 bits per heavy atom. The molecule has 2 aromatic rings. The summed E-state index contributed by atoms with van der Waals surface area (Å²) in [6, 6.07) is 8.22. The van der Waals surface area contributed by atoms with Crippen LogP contribution in [0.5, 0.6) is 17.2 Å². The molecule has 1 heterocycles. The summed E-state index contributed by atoms with van der Waals surface area (Å²) in [7, 11) is 0. The standard InChI is InChI=1S/C16H13N3O6/c20-12-2-3-13(19(22)23)11(7-12)9-17-18-16(21)10-1-4-14-15(8-10)25-6-5-24-14/h1-4,7-9,20H,5-6H2,(H,18,21). The zero-order valence-corrected chi connectivity index (χ0v) is 12.8. The molecule has 0 spiro atoms. The highest BCUT2D eigenvalue weighted by atomic mass is 16.6. The Balaban J connectivity index is 1.73. The van der Waals surface area contributed by atoms with Gasteiger partial charge < -0.3 is 14.6 Å². The van der Waals surface area contributed by atoms with Gasteiger partial charge in [-0.15, -0.1) is 0 Å². The number of nitro benzene ring substituents is 1. The van der Waals surface area contributed by atoms with Crippen LogP contribution < -0.4 is 14.9 Å². The lowest BCUT2D eigenvalue weighted by atomic mass is 10.2. The molecule has 0 aliphatic carbocycles. The van der Waals surface area contributed by atoms with Crippen LogP contribution >= 0.6 is 0 Å². The first-order valence-corrected chi connectivity index (χ1v) is 7.25. The summed E-state index contributed by atoms with van der Waals surface area (Å²) in [5.41, 5.74) is 2.39. The van der Waals surface area contributed by atoms with Crippen LogP contribution in [-0.2, 0) is 0 Å². The summed E-state index contributed by atoms with van der Waals surface area (Å²) in [5.74, 6) is 0.356. The number of rotatable bonds is 4. The Hall–Kier alpha value is -3.62. The van der Waals surface area contributed by atoms with Gasteiger partial charge in [0, 0.05) is 11.6 Å². The minimum absolute atomic E-state index is 0.0625. The lowest BCUT2D eigenvalue weighted by Gasteiger charge is -2.18. The van der Waals surface area contributed by atoms with Gasteiger partial charge in [-0.3, -0.25) is 14.9 Å². The molecule has 1 amide bonds. The number of phenols is 1. The normalized spacial score (nSPS) is 12.8. The van der Waals surface area contributed by atoms with Gasteiger partial charge in [-0.05, 0) is 30.3 Å². The first-order chi connectivity index (χ1) is 12.0. The number of nitro groups is 1. The van der Waals surface area contributed by atoms with Crippen LogP contribution in [0.4, 0.5) is 5.69 Å². The fourth-order valence-electron chi connectivity index (χ4n) is 2.22. The van der Waals surface area contributed by atoms with E-state index in [1.807, 2.05) is 0 Å². The average Bonchev–Trinajstić information content (AvgIpc) is 2.61. The second kappa shape index (κ2) is 6.87. The quantitative estimate of drug-likeness (QED) is 0.496. The van der Waals surface area contributed by atoms with Gasteiger partial charge in [0.05, 0.1) is 16.7 Å². The van der Waals surface area contributed by atoms with E-state index in [9.17, 15) is 20.0 Å². The van der Waals surface area contributed by atoms with E-state index in [2.05, 4.69) is 10.5 Å². The highest BCUT2D eigenvalue weighted by Crippen LogP contribution is 2.30. The molecule has 0 saturated carbocycles. The van der Waals surface area contributed by atoms with Gasteiger partial charge in [0.1, 0.15) is 19.0 Å². The first-order valence-electron chi connectivity index (χ1n) is 7.25. The summed E-state index contributed by atoms with van der Waals surface area (Å²) >= 11 is 0. The molecule has 0 aromatic heterocycles. The van der Waals surface area contributed by atoms with E-state index in [4.69, 9.17) is 9.47 Å². The molecule has 0 saturated heterocycles. The maximum atomic E-state index is 12.1. The molecule has 2 N–H and O–H groups in total. The lowest BCUT2D eigenvalue weighted by Crippen LogP contribution is -2.19. The number of carbonyl (C=O) groups is 1. The fourth-order valence-corrected chi connectivity index (χ4v) is 2.22. The monoisotopic (exact) mass is 343 g/mol. The fraction of sp³-hybridized carbons (Fsp3) is 0.125. The van der Waals surface area contributed by atoms with Gasteiger partial charge in [-0.1, -0.05) is 0 Å². The van der Waals surface area contributed by atoms with E-state index in [-0.39, 0.29) is 17.0 Å². The molecule has 1 aliphatic heterocycles. The van der Waals surface area contributed by atoms with Crippen molar-refractivity contribution in [3.8, 4) is 17.2 Å². The Morgan fingerprint density at radius 3 is 2.72 bits per heavy atom. The van der Waals surface area contributed by atoms with Crippen molar-refractivity contribution in [2.75, 3.05) is 13.2 Å². The molecule has 9 nitrogen and oxygen atoms in total. The zero-order valence-electron chi connectivity index (χ0n) is 12.8. The van der Waals surface area contributed by atoms with Crippen LogP contribution in [0.1, 0.15) is 15.9 Å². The maximum Gasteiger partial charge on any atom is 0.278 e. The van der Waals surface area contributed by atoms with Gasteiger partial charge in [0.2, 0.25) is 0 Å². The van der Waals surface area contributed by atoms with Crippen molar-refractivity contribution in [3.05, 3.63) is 57.6 Å². The lowest BCUT2D eigenvalue weighted by molar-refractivity contribution is -0.385. The molecular weight excluding hydrogens is 330 g/mol. The number of nitrogens with one attached hydrogen (secondary N) is 1. The van der Waals surface area contributed by atoms with Crippen molar-refractivity contribution < 1.29 is 24.3 Å². The summed E-state index contributed by atoms with van der Waals surface area (Å²) in [4.78, 5) is 22.4. The third kappa shape index (κ3) is 3.66.